The highest BCUT2D eigenvalue weighted by atomic mass is 19.1. The number of nitrogens with two attached hydrogens (primary N) is 1. The lowest BCUT2D eigenvalue weighted by Crippen LogP contribution is -2.52. The summed E-state index contributed by atoms with van der Waals surface area (Å²) in [6, 6.07) is 0.404. The molecule has 0 spiro atoms. The quantitative estimate of drug-likeness (QED) is 0.359. The Kier molecular flexibility index (Phi) is 7.91. The van der Waals surface area contributed by atoms with Crippen LogP contribution in [0.4, 0.5) is 19.3 Å². The van der Waals surface area contributed by atoms with Gasteiger partial charge in [0, 0.05) is 50.6 Å². The van der Waals surface area contributed by atoms with Crippen LogP contribution < -0.4 is 31.4 Å². The molecule has 46 heavy (non-hydrogen) atoms. The molecule has 7 rings (SSSR count). The van der Waals surface area contributed by atoms with E-state index in [0.29, 0.717) is 19.0 Å². The maximum Gasteiger partial charge on any atom is 0.408 e. The van der Waals surface area contributed by atoms with Gasteiger partial charge in [-0.2, -0.15) is 0 Å². The third-order valence-electron chi connectivity index (χ3n) is 9.61. The number of alkyl carbamates (subject to hydrolysis) is 1. The predicted octanol–water partition coefficient (Wildman–Crippen LogP) is 3.65. The minimum absolute atomic E-state index is 0.0886. The Morgan fingerprint density at radius 3 is 2.52 bits per heavy atom. The van der Waals surface area contributed by atoms with Gasteiger partial charge in [-0.05, 0) is 39.7 Å². The predicted molar refractivity (Wildman–Crippen MR) is 169 cm³/mol. The van der Waals surface area contributed by atoms with E-state index < -0.39 is 46.1 Å². The molecular formula is C33H41F2N5O6. The number of aromatic nitrogens is 1. The Morgan fingerprint density at radius 2 is 1.89 bits per heavy atom. The summed E-state index contributed by atoms with van der Waals surface area (Å²) >= 11 is 0. The van der Waals surface area contributed by atoms with E-state index in [1.165, 1.54) is 11.7 Å². The molecule has 2 aliphatic heterocycles. The molecule has 0 radical (unpaired) electrons. The average molecular weight is 642 g/mol. The Balaban J connectivity index is 0.000000196. The summed E-state index contributed by atoms with van der Waals surface area (Å²) in [6.45, 7) is 8.27. The van der Waals surface area contributed by atoms with Crippen LogP contribution in [0, 0.1) is 17.7 Å². The topological polar surface area (TPSA) is 148 Å². The third-order valence-corrected chi connectivity index (χ3v) is 9.61. The van der Waals surface area contributed by atoms with Crippen molar-refractivity contribution in [2.24, 2.45) is 17.6 Å². The van der Waals surface area contributed by atoms with E-state index in [-0.39, 0.29) is 46.3 Å². The number of carbonyl (C=O) groups is 2. The molecule has 1 aromatic heterocycles. The maximum absolute atomic E-state index is 15.3. The van der Waals surface area contributed by atoms with Crippen LogP contribution in [0.2, 0.25) is 0 Å². The molecule has 0 unspecified atom stereocenters. The molecule has 2 saturated heterocycles. The molecular weight excluding hydrogens is 600 g/mol. The summed E-state index contributed by atoms with van der Waals surface area (Å²) in [6.07, 6.45) is 9.86. The number of alkyl halides is 1. The zero-order valence-electron chi connectivity index (χ0n) is 26.4. The molecule has 11 nitrogen and oxygen atoms in total. The first kappa shape index (κ1) is 32.0. The number of rotatable bonds is 5. The second-order valence-electron chi connectivity index (χ2n) is 14.0. The van der Waals surface area contributed by atoms with Crippen molar-refractivity contribution in [1.82, 2.24) is 15.2 Å². The van der Waals surface area contributed by atoms with Crippen LogP contribution in [0.1, 0.15) is 56.4 Å². The van der Waals surface area contributed by atoms with Gasteiger partial charge < -0.3 is 40.4 Å². The molecule has 5 N–H and O–H groups in total. The monoisotopic (exact) mass is 641 g/mol. The van der Waals surface area contributed by atoms with Gasteiger partial charge in [0.1, 0.15) is 23.0 Å². The fourth-order valence-corrected chi connectivity index (χ4v) is 7.24. The molecule has 1 aromatic carbocycles. The third kappa shape index (κ3) is 5.63. The van der Waals surface area contributed by atoms with Crippen molar-refractivity contribution in [3.05, 3.63) is 58.2 Å². The molecule has 2 aromatic rings. The van der Waals surface area contributed by atoms with E-state index in [1.54, 1.807) is 4.90 Å². The van der Waals surface area contributed by atoms with Crippen molar-refractivity contribution in [2.75, 3.05) is 38.2 Å². The summed E-state index contributed by atoms with van der Waals surface area (Å²) in [5, 5.41) is 15.6. The highest BCUT2D eigenvalue weighted by Gasteiger charge is 2.47. The smallest absolute Gasteiger partial charge is 0.408 e. The average Bonchev–Trinajstić information content (AvgIpc) is 3.26. The Morgan fingerprint density at radius 1 is 1.20 bits per heavy atom. The summed E-state index contributed by atoms with van der Waals surface area (Å²) in [4.78, 5) is 37.9. The lowest BCUT2D eigenvalue weighted by Gasteiger charge is -2.30. The molecule has 1 amide bonds. The van der Waals surface area contributed by atoms with Crippen molar-refractivity contribution in [2.45, 2.75) is 68.9 Å². The minimum atomic E-state index is -1.45. The number of carboxylic acid groups (broad SMARTS) is 1. The number of carbonyl (C=O) groups excluding carboxylic acids is 1. The zero-order valence-corrected chi connectivity index (χ0v) is 26.4. The Bertz CT molecular complexity index is 1700. The van der Waals surface area contributed by atoms with Gasteiger partial charge in [0.15, 0.2) is 11.6 Å². The Labute approximate surface area is 265 Å². The van der Waals surface area contributed by atoms with Gasteiger partial charge in [-0.25, -0.2) is 18.4 Å². The number of anilines is 1. The number of amides is 1. The number of benzene rings is 1. The van der Waals surface area contributed by atoms with E-state index in [0.717, 1.165) is 38.2 Å². The first-order valence-corrected chi connectivity index (χ1v) is 15.6. The molecule has 6 atom stereocenters. The van der Waals surface area contributed by atoms with E-state index in [4.69, 9.17) is 15.2 Å². The van der Waals surface area contributed by atoms with Crippen molar-refractivity contribution in [3.8, 4) is 5.75 Å². The lowest BCUT2D eigenvalue weighted by molar-refractivity contribution is 0.0470. The van der Waals surface area contributed by atoms with Gasteiger partial charge >= 0.3 is 12.1 Å². The molecule has 13 heteroatoms. The molecule has 3 heterocycles. The largest absolute Gasteiger partial charge is 0.492 e. The summed E-state index contributed by atoms with van der Waals surface area (Å²) in [7, 11) is 1.35. The lowest BCUT2D eigenvalue weighted by atomic mass is 9.91. The number of allylic oxidation sites excluding steroid dienone is 2. The maximum atomic E-state index is 15.3. The number of ether oxygens (including phenoxy) is 2. The highest BCUT2D eigenvalue weighted by Crippen LogP contribution is 2.47. The van der Waals surface area contributed by atoms with Gasteiger partial charge in [-0.1, -0.05) is 24.3 Å². The first-order valence-electron chi connectivity index (χ1n) is 15.6. The standard InChI is InChI=1S/C21H21F2N3O4.C12H20N2O2/c1-30-19-16-11(18(27)12(20(28)29)8-26(16)15-6-13(15)22)5-14(23)17(19)25-7-10-3-2-4-21(10,24)9-25;1-11(2,3)16-10(15)14-12-6-4-5-9(12)7-13-8-12/h2,4-5,8,10,13,15H,3,6-7,9,24H2,1H3,(H,28,29);4,6,9,13H,5,7-8H2,1-3H3,(H,14,15)/t10-,13+,15-,21-;9-,12-/m11/s1. The van der Waals surface area contributed by atoms with Crippen LogP contribution in [-0.2, 0) is 4.74 Å². The van der Waals surface area contributed by atoms with Crippen LogP contribution in [0.25, 0.3) is 10.9 Å². The van der Waals surface area contributed by atoms with Gasteiger partial charge in [-0.15, -0.1) is 0 Å². The SMILES string of the molecule is CC(C)(C)OC(=O)N[C@@]12C=CC[C@@H]1CNC2.COc1c(N2C[C@H]3CC=C[C@@]3(N)C2)c(F)cc2c(=O)c(C(=O)O)cn([C@@H]3C[C@@H]3F)c12. The van der Waals surface area contributed by atoms with Crippen LogP contribution in [0.3, 0.4) is 0 Å². The number of nitrogens with one attached hydrogen (secondary N) is 2. The molecule has 0 bridgehead atoms. The fraction of sp³-hybridized carbons (Fsp3) is 0.545. The van der Waals surface area contributed by atoms with Gasteiger partial charge in [0.25, 0.3) is 0 Å². The van der Waals surface area contributed by atoms with Crippen molar-refractivity contribution in [3.63, 3.8) is 0 Å². The summed E-state index contributed by atoms with van der Waals surface area (Å²) in [5.74, 6) is -1.46. The minimum Gasteiger partial charge on any atom is -0.492 e. The van der Waals surface area contributed by atoms with E-state index in [1.807, 2.05) is 32.9 Å². The number of nitrogens with zero attached hydrogens (tertiary/aromatic N) is 2. The van der Waals surface area contributed by atoms with Gasteiger partial charge in [0.05, 0.1) is 35.1 Å². The second-order valence-corrected chi connectivity index (χ2v) is 14.0. The number of pyridine rings is 1. The van der Waals surface area contributed by atoms with E-state index >= 15 is 4.39 Å². The van der Waals surface area contributed by atoms with Crippen molar-refractivity contribution in [1.29, 1.82) is 0 Å². The normalized spacial score (nSPS) is 30.5. The van der Waals surface area contributed by atoms with E-state index in [2.05, 4.69) is 22.8 Å². The van der Waals surface area contributed by atoms with Crippen LogP contribution in [-0.4, -0.2) is 77.9 Å². The highest BCUT2D eigenvalue weighted by molar-refractivity contribution is 5.97. The second kappa shape index (κ2) is 11.4. The first-order chi connectivity index (χ1) is 21.7. The van der Waals surface area contributed by atoms with Crippen molar-refractivity contribution < 1.29 is 33.0 Å². The number of hydrogen-bond donors (Lipinski definition) is 4. The van der Waals surface area contributed by atoms with Gasteiger partial charge in [-0.3, -0.25) is 4.79 Å². The number of carboxylic acids is 1. The van der Waals surface area contributed by atoms with Crippen LogP contribution >= 0.6 is 0 Å². The number of hydrogen-bond acceptors (Lipinski definition) is 8. The summed E-state index contributed by atoms with van der Waals surface area (Å²) < 4.78 is 41.5. The fourth-order valence-electron chi connectivity index (χ4n) is 7.24. The number of fused-ring (bicyclic) bond motifs is 3. The molecule has 1 saturated carbocycles. The number of halogens is 2. The molecule has 3 fully saturated rings. The van der Waals surface area contributed by atoms with E-state index in [9.17, 15) is 23.9 Å². The van der Waals surface area contributed by atoms with Crippen LogP contribution in [0.15, 0.2) is 41.4 Å². The zero-order chi connectivity index (χ0) is 33.2. The number of aromatic carboxylic acids is 1. The van der Waals surface area contributed by atoms with Crippen molar-refractivity contribution >= 4 is 28.7 Å². The van der Waals surface area contributed by atoms with Gasteiger partial charge in [0.2, 0.25) is 5.43 Å². The molecule has 248 valence electrons. The summed E-state index contributed by atoms with van der Waals surface area (Å²) in [5.41, 5.74) is 4.24. The molecule has 3 aliphatic carbocycles. The molecule has 5 aliphatic rings. The number of methoxy groups -OCH3 is 1. The Hall–Kier alpha value is -3.97. The van der Waals surface area contributed by atoms with Crippen LogP contribution in [0.5, 0.6) is 5.75 Å².